The smallest absolute Gasteiger partial charge is 0.267 e. The van der Waals surface area contributed by atoms with Crippen LogP contribution in [-0.2, 0) is 11.3 Å². The summed E-state index contributed by atoms with van der Waals surface area (Å²) in [4.78, 5) is 15.1. The zero-order chi connectivity index (χ0) is 24.9. The van der Waals surface area contributed by atoms with Gasteiger partial charge in [-0.3, -0.25) is 9.69 Å². The third-order valence-corrected chi connectivity index (χ3v) is 6.66. The summed E-state index contributed by atoms with van der Waals surface area (Å²) >= 11 is 7.24. The minimum atomic E-state index is -0.267. The normalized spacial score (nSPS) is 16.0. The Balaban J connectivity index is 1.39. The van der Waals surface area contributed by atoms with Crippen LogP contribution in [0, 0.1) is 0 Å². The van der Waals surface area contributed by atoms with Crippen molar-refractivity contribution in [2.45, 2.75) is 6.54 Å². The fourth-order valence-corrected chi connectivity index (χ4v) is 4.71. The summed E-state index contributed by atoms with van der Waals surface area (Å²) in [6.07, 6.45) is 4.79. The summed E-state index contributed by atoms with van der Waals surface area (Å²) in [5, 5.41) is 19.6. The number of aromatic hydroxyl groups is 1. The van der Waals surface area contributed by atoms with Crippen LogP contribution >= 0.6 is 23.4 Å². The fourth-order valence-electron chi connectivity index (χ4n) is 3.60. The molecule has 4 aromatic rings. The van der Waals surface area contributed by atoms with E-state index < -0.39 is 0 Å². The molecule has 1 fully saturated rings. The van der Waals surface area contributed by atoms with Gasteiger partial charge in [0, 0.05) is 10.6 Å². The number of benzene rings is 3. The van der Waals surface area contributed by atoms with Gasteiger partial charge in [0.05, 0.1) is 23.9 Å². The van der Waals surface area contributed by atoms with E-state index in [1.54, 1.807) is 42.8 Å². The van der Waals surface area contributed by atoms with Gasteiger partial charge in [-0.1, -0.05) is 66.2 Å². The Morgan fingerprint density at radius 2 is 1.75 bits per heavy atom. The first-order valence-electron chi connectivity index (χ1n) is 11.1. The van der Waals surface area contributed by atoms with E-state index in [4.69, 9.17) is 16.0 Å². The lowest BCUT2D eigenvalue weighted by molar-refractivity contribution is -0.122. The van der Waals surface area contributed by atoms with E-state index in [-0.39, 0.29) is 18.2 Å². The molecule has 0 unspecified atom stereocenters. The lowest BCUT2D eigenvalue weighted by Gasteiger charge is -2.12. The second-order valence-electron chi connectivity index (χ2n) is 7.90. The molecule has 1 N–H and O–H groups in total. The highest BCUT2D eigenvalue weighted by molar-refractivity contribution is 8.18. The van der Waals surface area contributed by atoms with E-state index in [0.717, 1.165) is 16.7 Å². The molecule has 1 saturated heterocycles. The van der Waals surface area contributed by atoms with Crippen LogP contribution in [0.1, 0.15) is 16.9 Å². The molecule has 1 aliphatic rings. The van der Waals surface area contributed by atoms with Crippen molar-refractivity contribution in [3.05, 3.63) is 118 Å². The number of carbonyl (C=O) groups excluding carboxylic acids is 1. The maximum absolute atomic E-state index is 13.2. The van der Waals surface area contributed by atoms with Crippen molar-refractivity contribution in [1.82, 2.24) is 4.90 Å². The van der Waals surface area contributed by atoms with Crippen molar-refractivity contribution < 1.29 is 14.3 Å². The highest BCUT2D eigenvalue weighted by Crippen LogP contribution is 2.35. The van der Waals surface area contributed by atoms with Crippen molar-refractivity contribution in [2.75, 3.05) is 0 Å². The number of amidine groups is 1. The molecular weight excluding hydrogens is 494 g/mol. The zero-order valence-corrected chi connectivity index (χ0v) is 20.5. The number of hydrogen-bond acceptors (Lipinski definition) is 6. The Morgan fingerprint density at radius 1 is 0.972 bits per heavy atom. The average molecular weight is 514 g/mol. The monoisotopic (exact) mass is 513 g/mol. The van der Waals surface area contributed by atoms with Gasteiger partial charge >= 0.3 is 0 Å². The quantitative estimate of drug-likeness (QED) is 0.174. The maximum atomic E-state index is 13.2. The Labute approximate surface area is 217 Å². The predicted octanol–water partition coefficient (Wildman–Crippen LogP) is 6.81. The molecule has 36 heavy (non-hydrogen) atoms. The van der Waals surface area contributed by atoms with Crippen LogP contribution in [0.3, 0.4) is 0 Å². The molecule has 0 spiro atoms. The molecule has 1 aromatic heterocycles. The summed E-state index contributed by atoms with van der Waals surface area (Å²) in [7, 11) is 0. The average Bonchev–Trinajstić information content (AvgIpc) is 3.51. The summed E-state index contributed by atoms with van der Waals surface area (Å²) in [6, 6.07) is 26.3. The maximum Gasteiger partial charge on any atom is 0.267 e. The van der Waals surface area contributed by atoms with E-state index in [1.165, 1.54) is 22.7 Å². The Bertz CT molecular complexity index is 1460. The third kappa shape index (κ3) is 5.43. The number of halogens is 1. The van der Waals surface area contributed by atoms with Crippen LogP contribution in [-0.4, -0.2) is 27.3 Å². The lowest BCUT2D eigenvalue weighted by atomic mass is 10.0. The number of furan rings is 1. The van der Waals surface area contributed by atoms with E-state index in [2.05, 4.69) is 22.3 Å². The van der Waals surface area contributed by atoms with Gasteiger partial charge in [-0.15, -0.1) is 5.10 Å². The van der Waals surface area contributed by atoms with Crippen molar-refractivity contribution in [3.63, 3.8) is 0 Å². The zero-order valence-electron chi connectivity index (χ0n) is 18.9. The van der Waals surface area contributed by atoms with Crippen LogP contribution in [0.25, 0.3) is 17.2 Å². The molecule has 178 valence electrons. The molecule has 0 bridgehead atoms. The predicted molar refractivity (Wildman–Crippen MR) is 145 cm³/mol. The Kier molecular flexibility index (Phi) is 7.02. The largest absolute Gasteiger partial charge is 0.507 e. The second-order valence-corrected chi connectivity index (χ2v) is 9.35. The Hall–Kier alpha value is -4.07. The minimum absolute atomic E-state index is 0.0280. The van der Waals surface area contributed by atoms with Gasteiger partial charge < -0.3 is 9.52 Å². The first-order chi connectivity index (χ1) is 17.6. The van der Waals surface area contributed by atoms with Crippen LogP contribution in [0.15, 0.2) is 111 Å². The molecule has 8 heteroatoms. The van der Waals surface area contributed by atoms with Gasteiger partial charge in [-0.25, -0.2) is 0 Å². The molecule has 1 amide bonds. The highest BCUT2D eigenvalue weighted by Gasteiger charge is 2.34. The van der Waals surface area contributed by atoms with Crippen molar-refractivity contribution in [3.8, 4) is 16.9 Å². The molecule has 0 aliphatic carbocycles. The summed E-state index contributed by atoms with van der Waals surface area (Å²) < 4.78 is 5.43. The first-order valence-corrected chi connectivity index (χ1v) is 12.2. The number of phenols is 1. The molecule has 3 aromatic carbocycles. The summed E-state index contributed by atoms with van der Waals surface area (Å²) in [6.45, 7) is 0.206. The van der Waals surface area contributed by atoms with Gasteiger partial charge in [-0.05, 0) is 64.9 Å². The number of carbonyl (C=O) groups is 1. The SMILES string of the molecule is O=C1/C(=C/c2cc(Cl)ccc2O)S/C(=N/N=C\c2ccc(-c3ccccc3)cc2)N1Cc1ccco1. The molecular formula is C28H20ClN3O3S. The number of hydrogen-bond donors (Lipinski definition) is 1. The minimum Gasteiger partial charge on any atom is -0.507 e. The van der Waals surface area contributed by atoms with Crippen molar-refractivity contribution in [2.24, 2.45) is 10.2 Å². The van der Waals surface area contributed by atoms with Crippen LogP contribution in [0.5, 0.6) is 5.75 Å². The number of thioether (sulfide) groups is 1. The molecule has 1 aliphatic heterocycles. The van der Waals surface area contributed by atoms with Gasteiger partial charge in [0.15, 0.2) is 5.17 Å². The number of rotatable bonds is 6. The highest BCUT2D eigenvalue weighted by atomic mass is 35.5. The lowest BCUT2D eigenvalue weighted by Crippen LogP contribution is -2.28. The second kappa shape index (κ2) is 10.7. The molecule has 2 heterocycles. The van der Waals surface area contributed by atoms with Gasteiger partial charge in [0.25, 0.3) is 5.91 Å². The van der Waals surface area contributed by atoms with Crippen LogP contribution in [0.4, 0.5) is 0 Å². The van der Waals surface area contributed by atoms with Gasteiger partial charge in [-0.2, -0.15) is 5.10 Å². The molecule has 0 saturated carbocycles. The van der Waals surface area contributed by atoms with E-state index in [1.807, 2.05) is 42.5 Å². The van der Waals surface area contributed by atoms with E-state index in [0.29, 0.717) is 26.4 Å². The van der Waals surface area contributed by atoms with Gasteiger partial charge in [0.2, 0.25) is 0 Å². The molecule has 0 radical (unpaired) electrons. The number of amides is 1. The number of nitrogens with zero attached hydrogens (tertiary/aromatic N) is 3. The molecule has 0 atom stereocenters. The van der Waals surface area contributed by atoms with Crippen LogP contribution in [0.2, 0.25) is 5.02 Å². The van der Waals surface area contributed by atoms with Crippen molar-refractivity contribution >= 4 is 46.7 Å². The topological polar surface area (TPSA) is 78.4 Å². The number of phenolic OH excluding ortho intramolecular Hbond substituents is 1. The van der Waals surface area contributed by atoms with E-state index >= 15 is 0 Å². The summed E-state index contributed by atoms with van der Waals surface area (Å²) in [5.74, 6) is 0.376. The standard InChI is InChI=1S/C28H20ClN3O3S/c29-23-12-13-25(33)22(15-23)16-26-27(34)32(18-24-7-4-14-35-24)28(36-26)31-30-17-19-8-10-21(11-9-19)20-5-2-1-3-6-20/h1-17,33H,18H2/b26-16-,30-17-,31-28+. The van der Waals surface area contributed by atoms with Crippen LogP contribution < -0.4 is 0 Å². The summed E-state index contributed by atoms with van der Waals surface area (Å²) in [5.41, 5.74) is 3.57. The van der Waals surface area contributed by atoms with Gasteiger partial charge in [0.1, 0.15) is 11.5 Å². The fraction of sp³-hybridized carbons (Fsp3) is 0.0357. The molecule has 5 rings (SSSR count). The van der Waals surface area contributed by atoms with Crippen molar-refractivity contribution in [1.29, 1.82) is 0 Å². The third-order valence-electron chi connectivity index (χ3n) is 5.43. The molecule has 6 nitrogen and oxygen atoms in total. The first kappa shape index (κ1) is 23.7. The Morgan fingerprint density at radius 3 is 2.50 bits per heavy atom. The van der Waals surface area contributed by atoms with E-state index in [9.17, 15) is 9.90 Å².